The third kappa shape index (κ3) is 3.46. The van der Waals surface area contributed by atoms with Crippen molar-refractivity contribution < 1.29 is 19.3 Å². The average Bonchev–Trinajstić information content (AvgIpc) is 3.04. The van der Waals surface area contributed by atoms with E-state index in [1.807, 2.05) is 0 Å². The van der Waals surface area contributed by atoms with Crippen LogP contribution in [-0.2, 0) is 4.79 Å². The second-order valence-electron chi connectivity index (χ2n) is 5.26. The molecule has 0 aliphatic carbocycles. The highest BCUT2D eigenvalue weighted by Crippen LogP contribution is 2.13. The molecule has 0 aromatic heterocycles. The van der Waals surface area contributed by atoms with E-state index in [1.165, 1.54) is 24.4 Å². The van der Waals surface area contributed by atoms with Crippen LogP contribution in [0.15, 0.2) is 29.4 Å². The standard InChI is InChI=1S/C13H13N7O5/c21-9(6-19-11-10(16-13(19)23)15-12(22)17-11)18-14-5-7-2-1-3-8(4-7)20(24)25/h1-5,10-11H,6H2,(H,16,23)(H,18,21)(H2,15,17,22)/b14-5+. The quantitative estimate of drug-likeness (QED) is 0.306. The summed E-state index contributed by atoms with van der Waals surface area (Å²) in [6.45, 7) is -0.318. The maximum absolute atomic E-state index is 11.9. The molecule has 0 spiro atoms. The van der Waals surface area contributed by atoms with Gasteiger partial charge in [-0.25, -0.2) is 15.0 Å². The van der Waals surface area contributed by atoms with Gasteiger partial charge in [0.15, 0.2) is 0 Å². The minimum Gasteiger partial charge on any atom is -0.314 e. The molecule has 130 valence electrons. The molecule has 12 heteroatoms. The van der Waals surface area contributed by atoms with E-state index in [2.05, 4.69) is 26.5 Å². The molecular formula is C13H13N7O5. The molecule has 0 radical (unpaired) electrons. The highest BCUT2D eigenvalue weighted by molar-refractivity contribution is 5.89. The van der Waals surface area contributed by atoms with Gasteiger partial charge in [-0.15, -0.1) is 0 Å². The van der Waals surface area contributed by atoms with Crippen molar-refractivity contribution in [3.8, 4) is 0 Å². The van der Waals surface area contributed by atoms with Crippen molar-refractivity contribution >= 4 is 29.9 Å². The zero-order chi connectivity index (χ0) is 18.0. The summed E-state index contributed by atoms with van der Waals surface area (Å²) in [5.74, 6) is -0.585. The molecule has 2 atom stereocenters. The van der Waals surface area contributed by atoms with Crippen molar-refractivity contribution in [1.82, 2.24) is 26.3 Å². The van der Waals surface area contributed by atoms with Crippen LogP contribution in [-0.4, -0.2) is 52.9 Å². The zero-order valence-electron chi connectivity index (χ0n) is 12.6. The molecule has 2 heterocycles. The Bertz CT molecular complexity index is 780. The van der Waals surface area contributed by atoms with Gasteiger partial charge in [-0.05, 0) is 0 Å². The number of nitro benzene ring substituents is 1. The van der Waals surface area contributed by atoms with Crippen LogP contribution in [0, 0.1) is 10.1 Å². The van der Waals surface area contributed by atoms with Crippen molar-refractivity contribution in [2.24, 2.45) is 5.10 Å². The number of fused-ring (bicyclic) bond motifs is 1. The number of nitrogens with zero attached hydrogens (tertiary/aromatic N) is 3. The van der Waals surface area contributed by atoms with Crippen LogP contribution in [0.2, 0.25) is 0 Å². The second kappa shape index (κ2) is 6.43. The first-order valence-electron chi connectivity index (χ1n) is 7.14. The lowest BCUT2D eigenvalue weighted by Crippen LogP contribution is -2.47. The van der Waals surface area contributed by atoms with Crippen LogP contribution in [0.25, 0.3) is 0 Å². The Morgan fingerprint density at radius 2 is 2.16 bits per heavy atom. The molecule has 0 saturated carbocycles. The first-order valence-corrected chi connectivity index (χ1v) is 7.14. The average molecular weight is 347 g/mol. The van der Waals surface area contributed by atoms with Crippen molar-refractivity contribution in [1.29, 1.82) is 0 Å². The first kappa shape index (κ1) is 16.2. The molecule has 3 rings (SSSR count). The number of hydrazone groups is 1. The molecule has 2 aliphatic heterocycles. The van der Waals surface area contributed by atoms with Gasteiger partial charge in [0.1, 0.15) is 18.9 Å². The third-order valence-corrected chi connectivity index (χ3v) is 3.55. The predicted molar refractivity (Wildman–Crippen MR) is 83.3 cm³/mol. The van der Waals surface area contributed by atoms with Crippen molar-refractivity contribution in [2.75, 3.05) is 6.54 Å². The van der Waals surface area contributed by atoms with E-state index in [1.54, 1.807) is 6.07 Å². The van der Waals surface area contributed by atoms with Gasteiger partial charge in [0.05, 0.1) is 11.1 Å². The summed E-state index contributed by atoms with van der Waals surface area (Å²) in [7, 11) is 0. The van der Waals surface area contributed by atoms with Gasteiger partial charge in [-0.3, -0.25) is 19.8 Å². The van der Waals surface area contributed by atoms with Gasteiger partial charge in [0.2, 0.25) is 0 Å². The summed E-state index contributed by atoms with van der Waals surface area (Å²) in [4.78, 5) is 46.2. The van der Waals surface area contributed by atoms with Crippen molar-refractivity contribution in [3.05, 3.63) is 39.9 Å². The van der Waals surface area contributed by atoms with Crippen molar-refractivity contribution in [2.45, 2.75) is 12.3 Å². The molecular weight excluding hydrogens is 334 g/mol. The van der Waals surface area contributed by atoms with Crippen LogP contribution in [0.4, 0.5) is 15.3 Å². The van der Waals surface area contributed by atoms with Gasteiger partial charge in [-0.1, -0.05) is 12.1 Å². The minimum absolute atomic E-state index is 0.0977. The number of amides is 5. The van der Waals surface area contributed by atoms with Crippen LogP contribution >= 0.6 is 0 Å². The van der Waals surface area contributed by atoms with Gasteiger partial charge < -0.3 is 16.0 Å². The van der Waals surface area contributed by atoms with E-state index < -0.39 is 35.2 Å². The first-order chi connectivity index (χ1) is 11.9. The summed E-state index contributed by atoms with van der Waals surface area (Å²) >= 11 is 0. The number of nitro groups is 1. The Hall–Kier alpha value is -3.70. The number of carbonyl (C=O) groups is 3. The smallest absolute Gasteiger partial charge is 0.314 e. The van der Waals surface area contributed by atoms with Crippen LogP contribution in [0.1, 0.15) is 5.56 Å². The third-order valence-electron chi connectivity index (χ3n) is 3.55. The van der Waals surface area contributed by atoms with Crippen LogP contribution < -0.4 is 21.4 Å². The van der Waals surface area contributed by atoms with E-state index in [4.69, 9.17) is 0 Å². The molecule has 2 unspecified atom stereocenters. The molecule has 1 aromatic carbocycles. The number of hydrogen-bond donors (Lipinski definition) is 4. The summed E-state index contributed by atoms with van der Waals surface area (Å²) in [5, 5.41) is 21.9. The largest absolute Gasteiger partial charge is 0.321 e. The molecule has 2 fully saturated rings. The molecule has 2 aliphatic rings. The van der Waals surface area contributed by atoms with Crippen LogP contribution in [0.3, 0.4) is 0 Å². The molecule has 25 heavy (non-hydrogen) atoms. The van der Waals surface area contributed by atoms with Gasteiger partial charge >= 0.3 is 12.1 Å². The number of benzene rings is 1. The lowest BCUT2D eigenvalue weighted by Gasteiger charge is -2.19. The summed E-state index contributed by atoms with van der Waals surface area (Å²) in [6.07, 6.45) is -0.0101. The van der Waals surface area contributed by atoms with E-state index >= 15 is 0 Å². The summed E-state index contributed by atoms with van der Waals surface area (Å²) in [5.41, 5.74) is 2.56. The second-order valence-corrected chi connectivity index (χ2v) is 5.26. The molecule has 0 bridgehead atoms. The van der Waals surface area contributed by atoms with Crippen LogP contribution in [0.5, 0.6) is 0 Å². The number of non-ortho nitro benzene ring substituents is 1. The number of hydrogen-bond acceptors (Lipinski definition) is 6. The summed E-state index contributed by atoms with van der Waals surface area (Å²) < 4.78 is 0. The SMILES string of the molecule is O=C(CN1C(=O)NC2NC(=O)NC21)N/N=C/c1cccc([N+](=O)[O-])c1. The topological polar surface area (TPSA) is 158 Å². The Morgan fingerprint density at radius 1 is 1.36 bits per heavy atom. The highest BCUT2D eigenvalue weighted by atomic mass is 16.6. The fourth-order valence-corrected chi connectivity index (χ4v) is 2.45. The van der Waals surface area contributed by atoms with E-state index in [-0.39, 0.29) is 12.2 Å². The molecule has 4 N–H and O–H groups in total. The van der Waals surface area contributed by atoms with E-state index in [0.29, 0.717) is 5.56 Å². The lowest BCUT2D eigenvalue weighted by molar-refractivity contribution is -0.384. The highest BCUT2D eigenvalue weighted by Gasteiger charge is 2.45. The maximum Gasteiger partial charge on any atom is 0.321 e. The molecule has 5 amide bonds. The van der Waals surface area contributed by atoms with E-state index in [0.717, 1.165) is 4.90 Å². The van der Waals surface area contributed by atoms with Gasteiger partial charge in [0.25, 0.3) is 11.6 Å². The zero-order valence-corrected chi connectivity index (χ0v) is 12.6. The Balaban J connectivity index is 1.56. The molecule has 2 saturated heterocycles. The van der Waals surface area contributed by atoms with Gasteiger partial charge in [0, 0.05) is 17.7 Å². The molecule has 12 nitrogen and oxygen atoms in total. The fourth-order valence-electron chi connectivity index (χ4n) is 2.45. The molecule has 1 aromatic rings. The van der Waals surface area contributed by atoms with Crippen molar-refractivity contribution in [3.63, 3.8) is 0 Å². The number of carbonyl (C=O) groups excluding carboxylic acids is 3. The number of nitrogens with one attached hydrogen (secondary N) is 4. The normalized spacial score (nSPS) is 21.5. The summed E-state index contributed by atoms with van der Waals surface area (Å²) in [6, 6.07) is 4.77. The monoisotopic (exact) mass is 347 g/mol. The van der Waals surface area contributed by atoms with Gasteiger partial charge in [-0.2, -0.15) is 5.10 Å². The lowest BCUT2D eigenvalue weighted by atomic mass is 10.2. The maximum atomic E-state index is 11.9. The predicted octanol–water partition coefficient (Wildman–Crippen LogP) is -0.965. The Labute approximate surface area is 140 Å². The Kier molecular flexibility index (Phi) is 4.16. The fraction of sp³-hybridized carbons (Fsp3) is 0.231. The number of rotatable bonds is 5. The van der Waals surface area contributed by atoms with E-state index in [9.17, 15) is 24.5 Å². The number of urea groups is 2. The minimum atomic E-state index is -0.661. The Morgan fingerprint density at radius 3 is 2.92 bits per heavy atom.